The molecular weight excluding hydrogens is 466 g/mol. The van der Waals surface area contributed by atoms with E-state index in [0.29, 0.717) is 38.2 Å². The minimum Gasteiger partial charge on any atom is -0.447 e. The number of carbonyl (C=O) groups is 1. The van der Waals surface area contributed by atoms with Crippen LogP contribution in [0.2, 0.25) is 0 Å². The number of anilines is 1. The third-order valence-electron chi connectivity index (χ3n) is 7.62. The fraction of sp³-hybridized carbons (Fsp3) is 0.560. The second kappa shape index (κ2) is 9.93. The molecule has 2 aromatic rings. The first-order valence-corrected chi connectivity index (χ1v) is 14.0. The van der Waals surface area contributed by atoms with Gasteiger partial charge in [-0.2, -0.15) is 4.31 Å². The smallest absolute Gasteiger partial charge is 0.276 e. The Balaban J connectivity index is 1.21. The van der Waals surface area contributed by atoms with Crippen molar-refractivity contribution in [3.63, 3.8) is 0 Å². The number of carbonyl (C=O) groups excluding carboxylic acids is 1. The molecule has 1 aromatic heterocycles. The predicted octanol–water partition coefficient (Wildman–Crippen LogP) is 2.18. The topological polar surface area (TPSA) is 98.1 Å². The Morgan fingerprint density at radius 3 is 2.57 bits per heavy atom. The fourth-order valence-corrected chi connectivity index (χ4v) is 6.79. The Kier molecular flexibility index (Phi) is 6.89. The van der Waals surface area contributed by atoms with Gasteiger partial charge >= 0.3 is 0 Å². The Morgan fingerprint density at radius 1 is 1.03 bits per heavy atom. The number of hydrazine groups is 1. The highest BCUT2D eigenvalue weighted by molar-refractivity contribution is 7.89. The quantitative estimate of drug-likeness (QED) is 0.648. The average molecular weight is 502 g/mol. The van der Waals surface area contributed by atoms with Crippen LogP contribution in [0.15, 0.2) is 39.8 Å². The number of hydrogen-bond donors (Lipinski definition) is 2. The van der Waals surface area contributed by atoms with Crippen LogP contribution < -0.4 is 15.8 Å². The lowest BCUT2D eigenvalue weighted by Gasteiger charge is -2.39. The first-order valence-electron chi connectivity index (χ1n) is 12.5. The lowest BCUT2D eigenvalue weighted by molar-refractivity contribution is -0.137. The molecule has 0 bridgehead atoms. The Hall–Kier alpha value is -2.40. The Bertz CT molecular complexity index is 1170. The molecule has 3 saturated heterocycles. The summed E-state index contributed by atoms with van der Waals surface area (Å²) in [6.07, 6.45) is 2.22. The largest absolute Gasteiger partial charge is 0.447 e. The summed E-state index contributed by atoms with van der Waals surface area (Å²) in [5, 5.41) is -0.0450. The number of sulfonamides is 1. The molecule has 2 N–H and O–H groups in total. The number of benzene rings is 1. The van der Waals surface area contributed by atoms with E-state index in [1.165, 1.54) is 27.2 Å². The van der Waals surface area contributed by atoms with Crippen LogP contribution in [0.4, 0.5) is 5.69 Å². The zero-order valence-electron chi connectivity index (χ0n) is 20.5. The van der Waals surface area contributed by atoms with Gasteiger partial charge in [-0.3, -0.25) is 10.2 Å². The number of furan rings is 1. The van der Waals surface area contributed by atoms with E-state index in [2.05, 4.69) is 47.8 Å². The molecule has 2 unspecified atom stereocenters. The minimum absolute atomic E-state index is 0.0307. The summed E-state index contributed by atoms with van der Waals surface area (Å²) in [6.45, 7) is 8.55. The minimum atomic E-state index is -3.78. The van der Waals surface area contributed by atoms with Crippen molar-refractivity contribution in [2.75, 3.05) is 50.7 Å². The molecule has 5 rings (SSSR count). The van der Waals surface area contributed by atoms with Gasteiger partial charge in [0.05, 0.1) is 12.0 Å². The first-order chi connectivity index (χ1) is 16.8. The highest BCUT2D eigenvalue weighted by Gasteiger charge is 2.37. The maximum Gasteiger partial charge on any atom is 0.276 e. The van der Waals surface area contributed by atoms with Crippen LogP contribution in [0.25, 0.3) is 0 Å². The van der Waals surface area contributed by atoms with Gasteiger partial charge in [0.15, 0.2) is 0 Å². The van der Waals surface area contributed by atoms with Crippen molar-refractivity contribution >= 4 is 21.6 Å². The molecule has 1 amide bonds. The number of aryl methyl sites for hydroxylation is 1. The molecule has 2 atom stereocenters. The summed E-state index contributed by atoms with van der Waals surface area (Å²) >= 11 is 0. The Morgan fingerprint density at radius 2 is 1.83 bits per heavy atom. The number of rotatable bonds is 5. The molecule has 0 aliphatic carbocycles. The first kappa shape index (κ1) is 24.3. The van der Waals surface area contributed by atoms with Crippen molar-refractivity contribution in [3.8, 4) is 0 Å². The van der Waals surface area contributed by atoms with E-state index < -0.39 is 10.0 Å². The van der Waals surface area contributed by atoms with Gasteiger partial charge in [-0.05, 0) is 62.4 Å². The van der Waals surface area contributed by atoms with Crippen molar-refractivity contribution in [1.29, 1.82) is 0 Å². The lowest BCUT2D eigenvalue weighted by Crippen LogP contribution is -2.53. The summed E-state index contributed by atoms with van der Waals surface area (Å²) in [5.74, 6) is 0.354. The van der Waals surface area contributed by atoms with Crippen LogP contribution in [0.3, 0.4) is 0 Å². The Labute approximate surface area is 207 Å². The van der Waals surface area contributed by atoms with E-state index in [1.807, 2.05) is 4.90 Å². The summed E-state index contributed by atoms with van der Waals surface area (Å²) in [4.78, 5) is 17.6. The highest BCUT2D eigenvalue weighted by Crippen LogP contribution is 2.30. The van der Waals surface area contributed by atoms with Crippen LogP contribution in [-0.2, 0) is 14.8 Å². The second-order valence-corrected chi connectivity index (χ2v) is 11.7. The summed E-state index contributed by atoms with van der Waals surface area (Å²) < 4.78 is 33.7. The van der Waals surface area contributed by atoms with E-state index in [-0.39, 0.29) is 29.5 Å². The lowest BCUT2D eigenvalue weighted by atomic mass is 9.97. The zero-order chi connectivity index (χ0) is 24.6. The number of hydrogen-bond acceptors (Lipinski definition) is 7. The van der Waals surface area contributed by atoms with Crippen LogP contribution in [-0.4, -0.2) is 69.3 Å². The monoisotopic (exact) mass is 501 g/mol. The molecule has 0 spiro atoms. The van der Waals surface area contributed by atoms with Gasteiger partial charge in [-0.25, -0.2) is 13.8 Å². The summed E-state index contributed by atoms with van der Waals surface area (Å²) in [7, 11) is -3.78. The van der Waals surface area contributed by atoms with Crippen molar-refractivity contribution in [3.05, 3.63) is 47.2 Å². The molecule has 9 nitrogen and oxygen atoms in total. The maximum absolute atomic E-state index is 13.4. The highest BCUT2D eigenvalue weighted by atomic mass is 32.2. The van der Waals surface area contributed by atoms with Crippen molar-refractivity contribution in [1.82, 2.24) is 20.1 Å². The van der Waals surface area contributed by atoms with Gasteiger partial charge in [0.2, 0.25) is 11.0 Å². The average Bonchev–Trinajstić information content (AvgIpc) is 3.58. The van der Waals surface area contributed by atoms with Gasteiger partial charge in [0, 0.05) is 51.5 Å². The van der Waals surface area contributed by atoms with Gasteiger partial charge in [0.25, 0.3) is 10.0 Å². The van der Waals surface area contributed by atoms with Crippen molar-refractivity contribution < 1.29 is 17.6 Å². The fourth-order valence-electron chi connectivity index (χ4n) is 5.35. The van der Waals surface area contributed by atoms with Gasteiger partial charge in [0.1, 0.15) is 5.76 Å². The molecule has 190 valence electrons. The number of nitrogens with one attached hydrogen (secondary N) is 2. The van der Waals surface area contributed by atoms with Crippen LogP contribution >= 0.6 is 0 Å². The van der Waals surface area contributed by atoms with Crippen LogP contribution in [0.5, 0.6) is 0 Å². The number of piperazine rings is 1. The predicted molar refractivity (Wildman–Crippen MR) is 133 cm³/mol. The van der Waals surface area contributed by atoms with Gasteiger partial charge in [-0.1, -0.05) is 12.1 Å². The molecule has 10 heteroatoms. The number of amides is 1. The molecular formula is C25H35N5O4S. The van der Waals surface area contributed by atoms with E-state index in [9.17, 15) is 13.2 Å². The third-order valence-corrected chi connectivity index (χ3v) is 9.35. The molecule has 0 saturated carbocycles. The number of piperidine rings is 1. The normalized spacial score (nSPS) is 24.2. The van der Waals surface area contributed by atoms with E-state index in [1.54, 1.807) is 6.07 Å². The molecule has 3 aliphatic rings. The summed E-state index contributed by atoms with van der Waals surface area (Å²) in [6, 6.07) is 9.56. The van der Waals surface area contributed by atoms with E-state index >= 15 is 0 Å². The third kappa shape index (κ3) is 4.84. The summed E-state index contributed by atoms with van der Waals surface area (Å²) in [5.41, 5.74) is 9.90. The van der Waals surface area contributed by atoms with Crippen LogP contribution in [0.1, 0.15) is 42.2 Å². The second-order valence-electron chi connectivity index (χ2n) is 9.80. The SMILES string of the molecule is Cc1cccc(N2CCN(C(=O)C3CCCN(S(=O)(=O)c4ccc(C5CCNN5)o4)C3)CC2)c1C. The molecule has 3 aliphatic heterocycles. The van der Waals surface area contributed by atoms with Crippen molar-refractivity contribution in [2.45, 2.75) is 44.2 Å². The van der Waals surface area contributed by atoms with E-state index in [0.717, 1.165) is 26.1 Å². The molecule has 1 aromatic carbocycles. The molecule has 3 fully saturated rings. The van der Waals surface area contributed by atoms with Gasteiger partial charge in [-0.15, -0.1) is 0 Å². The van der Waals surface area contributed by atoms with Crippen molar-refractivity contribution in [2.24, 2.45) is 5.92 Å². The number of nitrogens with zero attached hydrogens (tertiary/aromatic N) is 3. The molecule has 35 heavy (non-hydrogen) atoms. The standard InChI is InChI=1S/C25H35N5O4S/c1-18-5-3-7-22(19(18)2)28-13-15-29(16-14-28)25(31)20-6-4-12-30(17-20)35(32,33)24-9-8-23(34-24)21-10-11-26-27-21/h3,5,7-9,20-21,26-27H,4,6,10-17H2,1-2H3. The van der Waals surface area contributed by atoms with Crippen LogP contribution in [0, 0.1) is 19.8 Å². The zero-order valence-corrected chi connectivity index (χ0v) is 21.3. The molecule has 0 radical (unpaired) electrons. The van der Waals surface area contributed by atoms with Gasteiger partial charge < -0.3 is 14.2 Å². The molecule has 4 heterocycles. The van der Waals surface area contributed by atoms with E-state index in [4.69, 9.17) is 4.42 Å². The maximum atomic E-state index is 13.4.